The summed E-state index contributed by atoms with van der Waals surface area (Å²) in [5.41, 5.74) is 1.77. The molecule has 1 N–H and O–H groups in total. The molecule has 1 aliphatic heterocycles. The molecule has 9 heteroatoms. The Kier molecular flexibility index (Phi) is 5.01. The van der Waals surface area contributed by atoms with Crippen LogP contribution in [0.15, 0.2) is 12.4 Å². The maximum atomic E-state index is 11.2. The number of rotatable bonds is 6. The second-order valence-corrected chi connectivity index (χ2v) is 8.28. The van der Waals surface area contributed by atoms with E-state index >= 15 is 0 Å². The molecule has 2 aromatic heterocycles. The van der Waals surface area contributed by atoms with Crippen LogP contribution in [-0.4, -0.2) is 57.2 Å². The lowest BCUT2D eigenvalue weighted by Crippen LogP contribution is -2.38. The van der Waals surface area contributed by atoms with Crippen molar-refractivity contribution in [3.63, 3.8) is 0 Å². The Balaban J connectivity index is 1.41. The Labute approximate surface area is 169 Å². The van der Waals surface area contributed by atoms with Gasteiger partial charge in [0, 0.05) is 24.5 Å². The van der Waals surface area contributed by atoms with Crippen LogP contribution in [0.5, 0.6) is 5.88 Å². The van der Waals surface area contributed by atoms with Crippen molar-refractivity contribution in [3.8, 4) is 5.88 Å². The first-order valence-corrected chi connectivity index (χ1v) is 9.91. The molecule has 2 atom stereocenters. The van der Waals surface area contributed by atoms with Crippen LogP contribution in [0.1, 0.15) is 37.9 Å². The number of halogens is 1. The summed E-state index contributed by atoms with van der Waals surface area (Å²) < 4.78 is 7.22. The molecule has 0 aromatic carbocycles. The fourth-order valence-electron chi connectivity index (χ4n) is 4.06. The predicted octanol–water partition coefficient (Wildman–Crippen LogP) is 3.00. The first-order valence-electron chi connectivity index (χ1n) is 9.53. The van der Waals surface area contributed by atoms with Crippen LogP contribution in [0, 0.1) is 12.3 Å². The van der Waals surface area contributed by atoms with Crippen LogP contribution in [0.25, 0.3) is 0 Å². The van der Waals surface area contributed by atoms with Gasteiger partial charge in [0.1, 0.15) is 11.3 Å². The summed E-state index contributed by atoms with van der Waals surface area (Å²) in [6.45, 7) is 6.09. The van der Waals surface area contributed by atoms with Crippen molar-refractivity contribution < 1.29 is 9.53 Å². The maximum Gasteiger partial charge on any atom is 0.237 e. The fraction of sp³-hybridized carbons (Fsp3) is 0.579. The smallest absolute Gasteiger partial charge is 0.237 e. The zero-order valence-corrected chi connectivity index (χ0v) is 17.1. The van der Waals surface area contributed by atoms with E-state index in [1.807, 2.05) is 6.92 Å². The molecule has 0 bridgehead atoms. The largest absolute Gasteiger partial charge is 0.480 e. The van der Waals surface area contributed by atoms with Gasteiger partial charge in [-0.3, -0.25) is 9.58 Å². The molecule has 1 saturated carbocycles. The Hall–Kier alpha value is -2.19. The highest BCUT2D eigenvalue weighted by Gasteiger charge is 2.53. The van der Waals surface area contributed by atoms with E-state index in [0.29, 0.717) is 28.9 Å². The number of carbonyl (C=O) groups excluding carboxylic acids is 1. The van der Waals surface area contributed by atoms with Gasteiger partial charge in [0.15, 0.2) is 0 Å². The van der Waals surface area contributed by atoms with E-state index in [2.05, 4.69) is 36.9 Å². The summed E-state index contributed by atoms with van der Waals surface area (Å²) in [4.78, 5) is 22.1. The third-order valence-electron chi connectivity index (χ3n) is 5.99. The minimum Gasteiger partial charge on any atom is -0.480 e. The van der Waals surface area contributed by atoms with Crippen LogP contribution in [0.3, 0.4) is 0 Å². The third kappa shape index (κ3) is 3.46. The van der Waals surface area contributed by atoms with Gasteiger partial charge in [-0.2, -0.15) is 10.1 Å². The molecular weight excluding hydrogens is 380 g/mol. The first kappa shape index (κ1) is 19.1. The summed E-state index contributed by atoms with van der Waals surface area (Å²) in [5, 5.41) is 8.16. The molecule has 0 spiro atoms. The van der Waals surface area contributed by atoms with Crippen LogP contribution < -0.4 is 10.1 Å². The van der Waals surface area contributed by atoms with E-state index in [1.54, 1.807) is 6.20 Å². The molecule has 1 saturated heterocycles. The quantitative estimate of drug-likeness (QED) is 0.740. The van der Waals surface area contributed by atoms with Gasteiger partial charge in [0.25, 0.3) is 0 Å². The number of carbonyl (C=O) groups is 1. The van der Waals surface area contributed by atoms with Crippen LogP contribution in [0.4, 0.5) is 11.6 Å². The topological polar surface area (TPSA) is 85.2 Å². The summed E-state index contributed by atoms with van der Waals surface area (Å²) >= 11 is 5.98. The second-order valence-electron chi connectivity index (χ2n) is 7.87. The van der Waals surface area contributed by atoms with Gasteiger partial charge in [-0.25, -0.2) is 4.98 Å². The molecule has 2 aliphatic rings. The van der Waals surface area contributed by atoms with Crippen molar-refractivity contribution >= 4 is 29.5 Å². The van der Waals surface area contributed by atoms with Crippen molar-refractivity contribution in [2.75, 3.05) is 25.5 Å². The number of ether oxygens (including phenoxy) is 1. The number of nitrogens with one attached hydrogen (secondary N) is 1. The normalized spacial score (nSPS) is 25.5. The Morgan fingerprint density at radius 1 is 1.36 bits per heavy atom. The summed E-state index contributed by atoms with van der Waals surface area (Å²) in [6.07, 6.45) is 7.47. The zero-order valence-electron chi connectivity index (χ0n) is 16.4. The highest BCUT2D eigenvalue weighted by molar-refractivity contribution is 6.31. The van der Waals surface area contributed by atoms with Gasteiger partial charge in [-0.1, -0.05) is 18.5 Å². The van der Waals surface area contributed by atoms with E-state index in [1.165, 1.54) is 13.3 Å². The minimum absolute atomic E-state index is 0.134. The number of hydrogen-bond acceptors (Lipinski definition) is 7. The number of aldehydes is 1. The molecule has 0 amide bonds. The minimum atomic E-state index is -0.134. The van der Waals surface area contributed by atoms with E-state index in [4.69, 9.17) is 16.3 Å². The molecule has 0 radical (unpaired) electrons. The molecule has 4 rings (SSSR count). The SMILES string of the molecule is COc1nc(Nc2cnn(C3CCN(C4CC4(C)C=O)CC3)c2C)ncc1Cl. The lowest BCUT2D eigenvalue weighted by molar-refractivity contribution is -0.112. The Morgan fingerprint density at radius 2 is 2.11 bits per heavy atom. The highest BCUT2D eigenvalue weighted by Crippen LogP contribution is 2.48. The standard InChI is InChI=1S/C19H25ClN6O2/c1-12-15(23-18-21-9-14(20)17(24-18)28-3)10-22-26(12)13-4-6-25(7-5-13)16-8-19(16,2)11-27/h9-11,13,16H,4-8H2,1-3H3,(H,21,23,24). The van der Waals surface area contributed by atoms with Crippen LogP contribution in [0.2, 0.25) is 5.02 Å². The lowest BCUT2D eigenvalue weighted by atomic mass is 10.0. The maximum absolute atomic E-state index is 11.2. The van der Waals surface area contributed by atoms with Gasteiger partial charge in [0.05, 0.1) is 36.9 Å². The van der Waals surface area contributed by atoms with Gasteiger partial charge >= 0.3 is 0 Å². The van der Waals surface area contributed by atoms with Crippen molar-refractivity contribution in [1.29, 1.82) is 0 Å². The number of methoxy groups -OCH3 is 1. The molecule has 3 heterocycles. The summed E-state index contributed by atoms with van der Waals surface area (Å²) in [7, 11) is 1.52. The Bertz CT molecular complexity index is 879. The van der Waals surface area contributed by atoms with Gasteiger partial charge < -0.3 is 14.8 Å². The molecule has 8 nitrogen and oxygen atoms in total. The number of aromatic nitrogens is 4. The van der Waals surface area contributed by atoms with E-state index < -0.39 is 0 Å². The van der Waals surface area contributed by atoms with Gasteiger partial charge in [0.2, 0.25) is 11.8 Å². The molecule has 2 aromatic rings. The lowest BCUT2D eigenvalue weighted by Gasteiger charge is -2.33. The van der Waals surface area contributed by atoms with Crippen molar-refractivity contribution in [1.82, 2.24) is 24.6 Å². The monoisotopic (exact) mass is 404 g/mol. The van der Waals surface area contributed by atoms with Crippen LogP contribution >= 0.6 is 11.6 Å². The Morgan fingerprint density at radius 3 is 2.75 bits per heavy atom. The summed E-state index contributed by atoms with van der Waals surface area (Å²) in [6, 6.07) is 0.771. The molecule has 28 heavy (non-hydrogen) atoms. The van der Waals surface area contributed by atoms with Crippen molar-refractivity contribution in [2.24, 2.45) is 5.41 Å². The van der Waals surface area contributed by atoms with Crippen molar-refractivity contribution in [2.45, 2.75) is 45.2 Å². The number of likely N-dealkylation sites (tertiary alicyclic amines) is 1. The number of piperidine rings is 1. The second kappa shape index (κ2) is 7.33. The average Bonchev–Trinajstić information content (AvgIpc) is 3.28. The van der Waals surface area contributed by atoms with Gasteiger partial charge in [-0.15, -0.1) is 0 Å². The zero-order chi connectivity index (χ0) is 19.9. The fourth-order valence-corrected chi connectivity index (χ4v) is 4.23. The highest BCUT2D eigenvalue weighted by atomic mass is 35.5. The first-order chi connectivity index (χ1) is 13.4. The van der Waals surface area contributed by atoms with E-state index in [-0.39, 0.29) is 5.41 Å². The molecule has 2 unspecified atom stereocenters. The van der Waals surface area contributed by atoms with Crippen LogP contribution in [-0.2, 0) is 4.79 Å². The molecule has 1 aliphatic carbocycles. The number of anilines is 2. The van der Waals surface area contributed by atoms with E-state index in [9.17, 15) is 4.79 Å². The average molecular weight is 405 g/mol. The molecule has 150 valence electrons. The summed E-state index contributed by atoms with van der Waals surface area (Å²) in [5.74, 6) is 0.750. The molecular formula is C19H25ClN6O2. The van der Waals surface area contributed by atoms with Crippen molar-refractivity contribution in [3.05, 3.63) is 23.1 Å². The third-order valence-corrected chi connectivity index (χ3v) is 6.24. The number of nitrogens with zero attached hydrogens (tertiary/aromatic N) is 5. The van der Waals surface area contributed by atoms with Gasteiger partial charge in [-0.05, 0) is 26.2 Å². The number of hydrogen-bond donors (Lipinski definition) is 1. The predicted molar refractivity (Wildman–Crippen MR) is 106 cm³/mol. The molecule has 2 fully saturated rings. The van der Waals surface area contributed by atoms with E-state index in [0.717, 1.165) is 50.0 Å².